The van der Waals surface area contributed by atoms with Gasteiger partial charge in [-0.05, 0) is 80.6 Å². The largest absolute Gasteiger partial charge is 0.399 e. The first-order chi connectivity index (χ1) is 24.9. The van der Waals surface area contributed by atoms with Crippen LogP contribution in [0.25, 0.3) is 0 Å². The van der Waals surface area contributed by atoms with Crippen LogP contribution in [0.4, 0.5) is 11.4 Å². The lowest BCUT2D eigenvalue weighted by Crippen LogP contribution is -2.50. The highest BCUT2D eigenvalue weighted by atomic mass is 32.2. The summed E-state index contributed by atoms with van der Waals surface area (Å²) in [7, 11) is -3.88. The van der Waals surface area contributed by atoms with Gasteiger partial charge in [0.2, 0.25) is 5.91 Å². The smallest absolute Gasteiger partial charge is 0.301 e. The fraction of sp³-hybridized carbons (Fsp3) is 0.308. The normalized spacial score (nSPS) is 16.2. The Morgan fingerprint density at radius 2 is 1.35 bits per heavy atom. The van der Waals surface area contributed by atoms with Gasteiger partial charge in [0, 0.05) is 42.5 Å². The van der Waals surface area contributed by atoms with Gasteiger partial charge in [-0.3, -0.25) is 18.7 Å². The third-order valence-electron chi connectivity index (χ3n) is 9.01. The molecule has 13 heteroatoms. The maximum Gasteiger partial charge on any atom is 0.301 e. The van der Waals surface area contributed by atoms with E-state index in [0.29, 0.717) is 25.1 Å². The third-order valence-corrected chi connectivity index (χ3v) is 10.6. The first-order valence-corrected chi connectivity index (χ1v) is 18.9. The van der Waals surface area contributed by atoms with Crippen molar-refractivity contribution in [1.29, 1.82) is 0 Å². The van der Waals surface area contributed by atoms with E-state index in [1.165, 1.54) is 22.5 Å². The molecule has 4 aromatic carbocycles. The molecular weight excluding hydrogens is 679 g/mol. The standard InChI is InChI=1S/C39H47N7O5S/c1-26(30-13-8-5-9-14-30)44-38(48)32-22-33(24-36(23-32)46-20-10-19-42-52(46,50)51)39(49)45-35(21-29-11-6-4-7-12-29)25-41-28(3)37(47)43-27(2)31-15-17-34(40)18-16-31/h4-9,11-18,22-24,26-28,35,41-42H,10,19-21,25,40H2,1-3H3,(H,43,47)(H,44,48)(H,45,49)/t26-,27-,28+,35+/m1/s1. The van der Waals surface area contributed by atoms with E-state index < -0.39 is 34.1 Å². The van der Waals surface area contributed by atoms with E-state index in [-0.39, 0.29) is 47.9 Å². The molecule has 1 aliphatic heterocycles. The molecule has 0 spiro atoms. The Morgan fingerprint density at radius 3 is 1.98 bits per heavy atom. The van der Waals surface area contributed by atoms with E-state index in [9.17, 15) is 22.8 Å². The van der Waals surface area contributed by atoms with Crippen molar-refractivity contribution >= 4 is 39.3 Å². The predicted octanol–water partition coefficient (Wildman–Crippen LogP) is 4.00. The van der Waals surface area contributed by atoms with Gasteiger partial charge in [0.05, 0.1) is 23.8 Å². The van der Waals surface area contributed by atoms with E-state index in [1.807, 2.05) is 86.6 Å². The lowest BCUT2D eigenvalue weighted by Gasteiger charge is -2.29. The Kier molecular flexibility index (Phi) is 12.7. The summed E-state index contributed by atoms with van der Waals surface area (Å²) in [6.45, 7) is 6.24. The van der Waals surface area contributed by atoms with E-state index in [2.05, 4.69) is 26.0 Å². The van der Waals surface area contributed by atoms with Crippen LogP contribution in [0.15, 0.2) is 103 Å². The van der Waals surface area contributed by atoms with E-state index in [4.69, 9.17) is 5.73 Å². The Balaban J connectivity index is 1.36. The average molecular weight is 726 g/mol. The zero-order chi connectivity index (χ0) is 37.3. The lowest BCUT2D eigenvalue weighted by molar-refractivity contribution is -0.123. The highest BCUT2D eigenvalue weighted by molar-refractivity contribution is 7.90. The van der Waals surface area contributed by atoms with Crippen LogP contribution >= 0.6 is 0 Å². The summed E-state index contributed by atoms with van der Waals surface area (Å²) in [5.74, 6) is -1.16. The van der Waals surface area contributed by atoms with Gasteiger partial charge < -0.3 is 27.0 Å². The number of carbonyl (C=O) groups excluding carboxylic acids is 3. The van der Waals surface area contributed by atoms with Crippen LogP contribution in [0.5, 0.6) is 0 Å². The number of nitrogen functional groups attached to an aromatic ring is 1. The molecule has 7 N–H and O–H groups in total. The number of hydrogen-bond donors (Lipinski definition) is 6. The van der Waals surface area contributed by atoms with Crippen LogP contribution in [0.2, 0.25) is 0 Å². The summed E-state index contributed by atoms with van der Waals surface area (Å²) >= 11 is 0. The Labute approximate surface area is 305 Å². The molecule has 1 saturated heterocycles. The SMILES string of the molecule is C[C@H](NC[C@H](Cc1ccccc1)NC(=O)c1cc(C(=O)N[C@H](C)c2ccccc2)cc(N2CCCNS2(=O)=O)c1)C(=O)N[C@H](C)c1ccc(N)cc1. The van der Waals surface area contributed by atoms with Gasteiger partial charge in [-0.25, -0.2) is 0 Å². The van der Waals surface area contributed by atoms with Crippen LogP contribution < -0.4 is 36.0 Å². The molecule has 1 fully saturated rings. The number of nitrogens with one attached hydrogen (secondary N) is 5. The molecule has 0 bridgehead atoms. The molecule has 0 aliphatic carbocycles. The Morgan fingerprint density at radius 1 is 0.769 bits per heavy atom. The molecule has 1 heterocycles. The van der Waals surface area contributed by atoms with E-state index in [1.54, 1.807) is 19.1 Å². The number of carbonyl (C=O) groups is 3. The van der Waals surface area contributed by atoms with Crippen molar-refractivity contribution in [3.63, 3.8) is 0 Å². The fourth-order valence-corrected chi connectivity index (χ4v) is 7.28. The van der Waals surface area contributed by atoms with Crippen molar-refractivity contribution in [3.8, 4) is 0 Å². The van der Waals surface area contributed by atoms with Crippen molar-refractivity contribution in [1.82, 2.24) is 26.0 Å². The molecule has 1 aliphatic rings. The highest BCUT2D eigenvalue weighted by Gasteiger charge is 2.28. The average Bonchev–Trinajstić information content (AvgIpc) is 3.14. The number of amides is 3. The molecule has 3 amide bonds. The summed E-state index contributed by atoms with van der Waals surface area (Å²) in [4.78, 5) is 40.8. The minimum atomic E-state index is -3.88. The molecule has 0 aromatic heterocycles. The minimum absolute atomic E-state index is 0.122. The number of rotatable bonds is 14. The number of anilines is 2. The van der Waals surface area contributed by atoms with Gasteiger partial charge in [-0.1, -0.05) is 72.8 Å². The van der Waals surface area contributed by atoms with Crippen molar-refractivity contribution in [2.45, 2.75) is 57.8 Å². The zero-order valence-corrected chi connectivity index (χ0v) is 30.5. The van der Waals surface area contributed by atoms with Gasteiger partial charge in [-0.15, -0.1) is 0 Å². The molecule has 0 saturated carbocycles. The number of hydrogen-bond acceptors (Lipinski definition) is 7. The highest BCUT2D eigenvalue weighted by Crippen LogP contribution is 2.25. The molecule has 0 radical (unpaired) electrons. The number of benzene rings is 4. The maximum atomic E-state index is 14.0. The van der Waals surface area contributed by atoms with Gasteiger partial charge in [0.1, 0.15) is 0 Å². The summed E-state index contributed by atoms with van der Waals surface area (Å²) in [5.41, 5.74) is 9.70. The van der Waals surface area contributed by atoms with E-state index in [0.717, 1.165) is 16.7 Å². The molecule has 52 heavy (non-hydrogen) atoms. The number of nitrogens with two attached hydrogens (primary N) is 1. The van der Waals surface area contributed by atoms with Gasteiger partial charge in [0.25, 0.3) is 11.8 Å². The van der Waals surface area contributed by atoms with Crippen molar-refractivity contribution in [2.24, 2.45) is 0 Å². The van der Waals surface area contributed by atoms with Crippen molar-refractivity contribution < 1.29 is 22.8 Å². The Hall–Kier alpha value is -5.24. The maximum absolute atomic E-state index is 14.0. The summed E-state index contributed by atoms with van der Waals surface area (Å²) < 4.78 is 29.7. The molecule has 0 unspecified atom stereocenters. The molecule has 4 aromatic rings. The molecule has 274 valence electrons. The zero-order valence-electron chi connectivity index (χ0n) is 29.6. The van der Waals surface area contributed by atoms with Crippen LogP contribution in [0.1, 0.15) is 76.7 Å². The topological polar surface area (TPSA) is 175 Å². The van der Waals surface area contributed by atoms with Gasteiger partial charge in [-0.2, -0.15) is 13.1 Å². The first-order valence-electron chi connectivity index (χ1n) is 17.4. The summed E-state index contributed by atoms with van der Waals surface area (Å²) in [6.07, 6.45) is 0.999. The van der Waals surface area contributed by atoms with Crippen LogP contribution in [-0.4, -0.2) is 57.9 Å². The second-order valence-electron chi connectivity index (χ2n) is 13.1. The van der Waals surface area contributed by atoms with Gasteiger partial charge >= 0.3 is 10.2 Å². The Bertz CT molecular complexity index is 1940. The molecular formula is C39H47N7O5S. The first kappa shape index (κ1) is 38.0. The van der Waals surface area contributed by atoms with Crippen molar-refractivity contribution in [3.05, 3.63) is 131 Å². The minimum Gasteiger partial charge on any atom is -0.399 e. The number of nitrogens with zero attached hydrogens (tertiary/aromatic N) is 1. The predicted molar refractivity (Wildman–Crippen MR) is 204 cm³/mol. The second kappa shape index (κ2) is 17.3. The lowest BCUT2D eigenvalue weighted by atomic mass is 10.0. The molecule has 12 nitrogen and oxygen atoms in total. The van der Waals surface area contributed by atoms with Gasteiger partial charge in [0.15, 0.2) is 0 Å². The summed E-state index contributed by atoms with van der Waals surface area (Å²) in [5, 5.41) is 12.3. The third kappa shape index (κ3) is 10.2. The second-order valence-corrected chi connectivity index (χ2v) is 14.8. The molecule has 4 atom stereocenters. The summed E-state index contributed by atoms with van der Waals surface area (Å²) in [6, 6.07) is 29.2. The van der Waals surface area contributed by atoms with Crippen LogP contribution in [0, 0.1) is 0 Å². The fourth-order valence-electron chi connectivity index (χ4n) is 5.97. The monoisotopic (exact) mass is 725 g/mol. The van der Waals surface area contributed by atoms with E-state index >= 15 is 0 Å². The molecule has 5 rings (SSSR count). The van der Waals surface area contributed by atoms with Crippen LogP contribution in [0.3, 0.4) is 0 Å². The quantitative estimate of drug-likeness (QED) is 0.107. The van der Waals surface area contributed by atoms with Crippen molar-refractivity contribution in [2.75, 3.05) is 29.7 Å². The van der Waals surface area contributed by atoms with Crippen LogP contribution in [-0.2, 0) is 21.4 Å².